The Morgan fingerprint density at radius 3 is 2.69 bits per heavy atom. The van der Waals surface area contributed by atoms with Gasteiger partial charge in [-0.15, -0.1) is 0 Å². The van der Waals surface area contributed by atoms with Gasteiger partial charge in [-0.1, -0.05) is 6.07 Å². The quantitative estimate of drug-likeness (QED) is 0.716. The molecule has 29 heavy (non-hydrogen) atoms. The van der Waals surface area contributed by atoms with Crippen molar-refractivity contribution >= 4 is 32.3 Å². The topological polar surface area (TPSA) is 92.2 Å². The van der Waals surface area contributed by atoms with E-state index in [1.807, 2.05) is 25.4 Å². The van der Waals surface area contributed by atoms with E-state index in [-0.39, 0.29) is 23.1 Å². The molecule has 8 heteroatoms. The van der Waals surface area contributed by atoms with E-state index < -0.39 is 9.84 Å². The first kappa shape index (κ1) is 18.2. The smallest absolute Gasteiger partial charge is 0.272 e. The third kappa shape index (κ3) is 2.98. The molecule has 0 spiro atoms. The van der Waals surface area contributed by atoms with Gasteiger partial charge in [0.2, 0.25) is 5.91 Å². The molecular formula is C21H21N3O4S. The van der Waals surface area contributed by atoms with E-state index in [1.54, 1.807) is 21.7 Å². The number of carbonyl (C=O) groups is 1. The highest BCUT2D eigenvalue weighted by molar-refractivity contribution is 7.89. The minimum atomic E-state index is -3.20. The number of rotatable bonds is 3. The van der Waals surface area contributed by atoms with Crippen LogP contribution in [0.25, 0.3) is 22.0 Å². The molecule has 3 aromatic rings. The monoisotopic (exact) mass is 411 g/mol. The van der Waals surface area contributed by atoms with Gasteiger partial charge in [0.1, 0.15) is 5.52 Å². The second-order valence-corrected chi connectivity index (χ2v) is 10.3. The lowest BCUT2D eigenvalue weighted by molar-refractivity contribution is -0.119. The number of nitrogens with zero attached hydrogens (tertiary/aromatic N) is 2. The number of aryl methyl sites for hydroxylation is 1. The molecule has 1 amide bonds. The van der Waals surface area contributed by atoms with Crippen LogP contribution in [-0.4, -0.2) is 30.1 Å². The lowest BCUT2D eigenvalue weighted by Crippen LogP contribution is -2.32. The van der Waals surface area contributed by atoms with Crippen LogP contribution in [0, 0.1) is 5.92 Å². The molecule has 1 aromatic carbocycles. The highest BCUT2D eigenvalue weighted by Crippen LogP contribution is 2.43. The molecule has 0 saturated heterocycles. The van der Waals surface area contributed by atoms with E-state index in [1.165, 1.54) is 6.26 Å². The standard InChI is InChI=1S/C21H21N3O4S/c1-23-10-16-15-7-12(11-29(2,27)28)3-6-17(15)24(21(26)13-4-5-13)9-14-8-22-20(25)19(23)18(14)16/h3,6-8,10,13H,4-5,9,11H2,1-2H3,(H,22,25). The number of benzene rings is 1. The highest BCUT2D eigenvalue weighted by atomic mass is 32.2. The van der Waals surface area contributed by atoms with Crippen molar-refractivity contribution < 1.29 is 13.2 Å². The number of hydrogen-bond acceptors (Lipinski definition) is 4. The Hall–Kier alpha value is -2.87. The van der Waals surface area contributed by atoms with Crippen molar-refractivity contribution in [2.24, 2.45) is 13.0 Å². The summed E-state index contributed by atoms with van der Waals surface area (Å²) in [5.74, 6) is 0.0473. The predicted molar refractivity (Wildman–Crippen MR) is 111 cm³/mol. The molecule has 0 atom stereocenters. The normalized spacial score (nSPS) is 16.0. The summed E-state index contributed by atoms with van der Waals surface area (Å²) in [7, 11) is -1.38. The Morgan fingerprint density at radius 1 is 1.24 bits per heavy atom. The summed E-state index contributed by atoms with van der Waals surface area (Å²) in [4.78, 5) is 30.1. The van der Waals surface area contributed by atoms with E-state index in [2.05, 4.69) is 4.98 Å². The fourth-order valence-corrected chi connectivity index (χ4v) is 5.06. The Kier molecular flexibility index (Phi) is 3.80. The van der Waals surface area contributed by atoms with Gasteiger partial charge in [0.15, 0.2) is 9.84 Å². The fraction of sp³-hybridized carbons (Fsp3) is 0.333. The van der Waals surface area contributed by atoms with Crippen molar-refractivity contribution in [3.8, 4) is 11.1 Å². The Balaban J connectivity index is 1.80. The second-order valence-electron chi connectivity index (χ2n) is 8.14. The van der Waals surface area contributed by atoms with Crippen LogP contribution in [-0.2, 0) is 34.0 Å². The first-order valence-corrected chi connectivity index (χ1v) is 11.6. The summed E-state index contributed by atoms with van der Waals surface area (Å²) >= 11 is 0. The minimum absolute atomic E-state index is 0.0420. The van der Waals surface area contributed by atoms with E-state index in [4.69, 9.17) is 0 Å². The number of hydrogen-bond donors (Lipinski definition) is 1. The zero-order chi connectivity index (χ0) is 20.5. The third-order valence-corrected chi connectivity index (χ3v) is 6.54. The number of sulfone groups is 1. The zero-order valence-electron chi connectivity index (χ0n) is 16.2. The van der Waals surface area contributed by atoms with Crippen LogP contribution in [0.15, 0.2) is 35.4 Å². The van der Waals surface area contributed by atoms with Crippen molar-refractivity contribution in [2.45, 2.75) is 25.1 Å². The molecule has 2 aromatic heterocycles. The molecule has 7 nitrogen and oxygen atoms in total. The third-order valence-electron chi connectivity index (χ3n) is 5.69. The van der Waals surface area contributed by atoms with Gasteiger partial charge < -0.3 is 14.5 Å². The first-order chi connectivity index (χ1) is 13.7. The van der Waals surface area contributed by atoms with Gasteiger partial charge in [-0.3, -0.25) is 9.59 Å². The molecule has 1 aliphatic carbocycles. The van der Waals surface area contributed by atoms with Crippen LogP contribution in [0.5, 0.6) is 0 Å². The molecule has 2 aliphatic rings. The van der Waals surface area contributed by atoms with Gasteiger partial charge in [-0.25, -0.2) is 8.42 Å². The molecule has 3 heterocycles. The van der Waals surface area contributed by atoms with Gasteiger partial charge in [0.25, 0.3) is 5.56 Å². The van der Waals surface area contributed by atoms with Crippen LogP contribution in [0.3, 0.4) is 0 Å². The van der Waals surface area contributed by atoms with Crippen LogP contribution in [0.1, 0.15) is 24.0 Å². The molecule has 5 rings (SSSR count). The molecule has 1 N–H and O–H groups in total. The van der Waals surface area contributed by atoms with Crippen LogP contribution in [0.4, 0.5) is 5.69 Å². The maximum atomic E-state index is 13.1. The van der Waals surface area contributed by atoms with Crippen molar-refractivity contribution in [2.75, 3.05) is 11.2 Å². The predicted octanol–water partition coefficient (Wildman–Crippen LogP) is 2.33. The summed E-state index contributed by atoms with van der Waals surface area (Å²) in [6, 6.07) is 5.45. The van der Waals surface area contributed by atoms with Crippen molar-refractivity contribution in [1.29, 1.82) is 0 Å². The highest BCUT2D eigenvalue weighted by Gasteiger charge is 2.36. The van der Waals surface area contributed by atoms with Crippen LogP contribution in [0.2, 0.25) is 0 Å². The summed E-state index contributed by atoms with van der Waals surface area (Å²) in [6.45, 7) is 0.373. The Bertz CT molecular complexity index is 1350. The molecule has 1 saturated carbocycles. The zero-order valence-corrected chi connectivity index (χ0v) is 17.0. The summed E-state index contributed by atoms with van der Waals surface area (Å²) in [5, 5.41) is 0.820. The van der Waals surface area contributed by atoms with Gasteiger partial charge in [0.05, 0.1) is 18.0 Å². The van der Waals surface area contributed by atoms with E-state index >= 15 is 0 Å². The number of carbonyl (C=O) groups excluding carboxylic acids is 1. The molecular weight excluding hydrogens is 390 g/mol. The number of aromatic nitrogens is 2. The number of H-pyrrole nitrogens is 1. The largest absolute Gasteiger partial charge is 0.345 e. The fourth-order valence-electron chi connectivity index (χ4n) is 4.28. The molecule has 0 radical (unpaired) electrons. The number of nitrogens with one attached hydrogen (secondary N) is 1. The summed E-state index contributed by atoms with van der Waals surface area (Å²) in [6.07, 6.45) is 6.57. The van der Waals surface area contributed by atoms with Gasteiger partial charge in [-0.2, -0.15) is 0 Å². The molecule has 150 valence electrons. The first-order valence-electron chi connectivity index (χ1n) is 9.55. The SMILES string of the molecule is Cn1cc2c3c(c[nH]c(=O)c31)CN(C(=O)C1CC1)c1ccc(CS(C)(=O)=O)cc1-2. The lowest BCUT2D eigenvalue weighted by atomic mass is 10.0. The number of pyridine rings is 1. The maximum absolute atomic E-state index is 13.1. The van der Waals surface area contributed by atoms with Gasteiger partial charge in [-0.05, 0) is 36.1 Å². The number of fused-ring (bicyclic) bond motifs is 2. The maximum Gasteiger partial charge on any atom is 0.272 e. The Morgan fingerprint density at radius 2 is 2.00 bits per heavy atom. The van der Waals surface area contributed by atoms with Crippen molar-refractivity contribution in [3.05, 3.63) is 52.1 Å². The average molecular weight is 411 g/mol. The molecule has 0 unspecified atom stereocenters. The second kappa shape index (κ2) is 6.06. The lowest BCUT2D eigenvalue weighted by Gasteiger charge is -2.24. The van der Waals surface area contributed by atoms with Gasteiger partial charge >= 0.3 is 0 Å². The Labute approximate surface area is 167 Å². The van der Waals surface area contributed by atoms with Gasteiger partial charge in [0, 0.05) is 48.1 Å². The molecule has 0 bridgehead atoms. The van der Waals surface area contributed by atoms with Crippen molar-refractivity contribution in [3.63, 3.8) is 0 Å². The molecule has 1 aliphatic heterocycles. The van der Waals surface area contributed by atoms with Crippen molar-refractivity contribution in [1.82, 2.24) is 9.55 Å². The number of amides is 1. The van der Waals surface area contributed by atoms with E-state index in [9.17, 15) is 18.0 Å². The van der Waals surface area contributed by atoms with Crippen LogP contribution < -0.4 is 10.5 Å². The minimum Gasteiger partial charge on any atom is -0.345 e. The summed E-state index contributed by atoms with van der Waals surface area (Å²) in [5.41, 5.74) is 4.30. The van der Waals surface area contributed by atoms with Crippen LogP contribution >= 0.6 is 0 Å². The van der Waals surface area contributed by atoms with E-state index in [0.29, 0.717) is 17.6 Å². The molecule has 1 fully saturated rings. The van der Waals surface area contributed by atoms with E-state index in [0.717, 1.165) is 40.6 Å². The number of anilines is 1. The number of aromatic amines is 1. The average Bonchev–Trinajstić information content (AvgIpc) is 3.44. The summed E-state index contributed by atoms with van der Waals surface area (Å²) < 4.78 is 25.5.